The fraction of sp³-hybridized carbons (Fsp3) is 0.250. The van der Waals surface area contributed by atoms with E-state index >= 15 is 0 Å². The summed E-state index contributed by atoms with van der Waals surface area (Å²) in [6, 6.07) is 13.4. The maximum Gasteiger partial charge on any atom is 0.270 e. The lowest BCUT2D eigenvalue weighted by Gasteiger charge is -2.14. The summed E-state index contributed by atoms with van der Waals surface area (Å²) in [5, 5.41) is 2.92. The van der Waals surface area contributed by atoms with Gasteiger partial charge in [-0.05, 0) is 53.3 Å². The maximum atomic E-state index is 12.1. The minimum absolute atomic E-state index is 0.170. The Hall–Kier alpha value is -1.72. The van der Waals surface area contributed by atoms with E-state index in [0.717, 1.165) is 12.1 Å². The van der Waals surface area contributed by atoms with Crippen molar-refractivity contribution < 1.29 is 4.79 Å². The van der Waals surface area contributed by atoms with Crippen molar-refractivity contribution in [2.45, 2.75) is 13.1 Å². The van der Waals surface area contributed by atoms with Crippen molar-refractivity contribution in [1.29, 1.82) is 0 Å². The monoisotopic (exact) mass is 347 g/mol. The lowest BCUT2D eigenvalue weighted by atomic mass is 10.1. The van der Waals surface area contributed by atoms with Gasteiger partial charge in [0.15, 0.2) is 0 Å². The molecule has 1 heterocycles. The van der Waals surface area contributed by atoms with Crippen LogP contribution in [0.3, 0.4) is 0 Å². The molecule has 0 aliphatic rings. The zero-order valence-electron chi connectivity index (χ0n) is 12.1. The number of carbonyl (C=O) groups is 1. The molecular formula is C16H18BrN3O. The van der Waals surface area contributed by atoms with Crippen molar-refractivity contribution >= 4 is 21.8 Å². The lowest BCUT2D eigenvalue weighted by Crippen LogP contribution is -2.25. The van der Waals surface area contributed by atoms with Crippen molar-refractivity contribution in [3.63, 3.8) is 0 Å². The van der Waals surface area contributed by atoms with Crippen LogP contribution in [-0.2, 0) is 13.1 Å². The Morgan fingerprint density at radius 3 is 2.52 bits per heavy atom. The first-order valence-corrected chi connectivity index (χ1v) is 7.48. The Balaban J connectivity index is 2.04. The van der Waals surface area contributed by atoms with Crippen molar-refractivity contribution in [2.24, 2.45) is 0 Å². The number of rotatable bonds is 5. The largest absolute Gasteiger partial charge is 0.347 e. The summed E-state index contributed by atoms with van der Waals surface area (Å²) in [4.78, 5) is 18.4. The second-order valence-electron chi connectivity index (χ2n) is 5.03. The highest BCUT2D eigenvalue weighted by Gasteiger charge is 2.09. The molecule has 2 aromatic rings. The van der Waals surface area contributed by atoms with E-state index in [1.54, 1.807) is 18.2 Å². The van der Waals surface area contributed by atoms with E-state index in [0.29, 0.717) is 16.8 Å². The minimum atomic E-state index is -0.170. The smallest absolute Gasteiger partial charge is 0.270 e. The van der Waals surface area contributed by atoms with Crippen molar-refractivity contribution in [2.75, 3.05) is 14.1 Å². The summed E-state index contributed by atoms with van der Waals surface area (Å²) in [7, 11) is 4.06. The summed E-state index contributed by atoms with van der Waals surface area (Å²) in [6.07, 6.45) is 0. The van der Waals surface area contributed by atoms with Crippen LogP contribution in [0.5, 0.6) is 0 Å². The topological polar surface area (TPSA) is 45.2 Å². The van der Waals surface area contributed by atoms with Gasteiger partial charge >= 0.3 is 0 Å². The summed E-state index contributed by atoms with van der Waals surface area (Å²) < 4.78 is 0.656. The van der Waals surface area contributed by atoms with Crippen LogP contribution in [0.15, 0.2) is 47.1 Å². The molecule has 1 N–H and O–H groups in total. The SMILES string of the molecule is CN(C)Cc1ccccc1CNC(=O)c1cccc(Br)n1. The fourth-order valence-electron chi connectivity index (χ4n) is 2.03. The van der Waals surface area contributed by atoms with Gasteiger partial charge in [0, 0.05) is 13.1 Å². The molecule has 1 aromatic heterocycles. The molecule has 1 amide bonds. The maximum absolute atomic E-state index is 12.1. The Morgan fingerprint density at radius 1 is 1.14 bits per heavy atom. The number of carbonyl (C=O) groups excluding carboxylic acids is 1. The Morgan fingerprint density at radius 2 is 1.86 bits per heavy atom. The third-order valence-electron chi connectivity index (χ3n) is 2.99. The third kappa shape index (κ3) is 4.65. The van der Waals surface area contributed by atoms with Gasteiger partial charge in [0.2, 0.25) is 0 Å². The number of nitrogens with zero attached hydrogens (tertiary/aromatic N) is 2. The third-order valence-corrected chi connectivity index (χ3v) is 3.43. The fourth-order valence-corrected chi connectivity index (χ4v) is 2.37. The number of hydrogen-bond donors (Lipinski definition) is 1. The summed E-state index contributed by atoms with van der Waals surface area (Å²) in [5.41, 5.74) is 2.74. The van der Waals surface area contributed by atoms with E-state index in [-0.39, 0.29) is 5.91 Å². The number of halogens is 1. The average molecular weight is 348 g/mol. The Kier molecular flexibility index (Phi) is 5.47. The first-order valence-electron chi connectivity index (χ1n) is 6.68. The molecule has 4 nitrogen and oxygen atoms in total. The van der Waals surface area contributed by atoms with Gasteiger partial charge in [0.25, 0.3) is 5.91 Å². The molecule has 0 saturated carbocycles. The van der Waals surface area contributed by atoms with Gasteiger partial charge in [-0.2, -0.15) is 0 Å². The molecule has 0 bridgehead atoms. The molecule has 0 atom stereocenters. The van der Waals surface area contributed by atoms with Gasteiger partial charge in [0.1, 0.15) is 10.3 Å². The molecule has 0 aliphatic heterocycles. The summed E-state index contributed by atoms with van der Waals surface area (Å²) in [5.74, 6) is -0.170. The van der Waals surface area contributed by atoms with E-state index in [9.17, 15) is 4.79 Å². The average Bonchev–Trinajstić information content (AvgIpc) is 2.45. The molecule has 1 aromatic carbocycles. The molecule has 110 valence electrons. The molecule has 0 saturated heterocycles. The van der Waals surface area contributed by atoms with Gasteiger partial charge in [-0.3, -0.25) is 4.79 Å². The van der Waals surface area contributed by atoms with Crippen molar-refractivity contribution in [3.8, 4) is 0 Å². The zero-order chi connectivity index (χ0) is 15.2. The van der Waals surface area contributed by atoms with E-state index in [4.69, 9.17) is 0 Å². The van der Waals surface area contributed by atoms with Crippen LogP contribution < -0.4 is 5.32 Å². The number of nitrogens with one attached hydrogen (secondary N) is 1. The van der Waals surface area contributed by atoms with Crippen LogP contribution >= 0.6 is 15.9 Å². The molecule has 0 fully saturated rings. The van der Waals surface area contributed by atoms with Gasteiger partial charge in [0.05, 0.1) is 0 Å². The summed E-state index contributed by atoms with van der Waals surface area (Å²) in [6.45, 7) is 1.35. The van der Waals surface area contributed by atoms with Gasteiger partial charge in [-0.1, -0.05) is 30.3 Å². The lowest BCUT2D eigenvalue weighted by molar-refractivity contribution is 0.0945. The first-order chi connectivity index (χ1) is 10.1. The van der Waals surface area contributed by atoms with E-state index in [1.165, 1.54) is 5.56 Å². The number of aromatic nitrogens is 1. The number of benzene rings is 1. The highest BCUT2D eigenvalue weighted by Crippen LogP contribution is 2.11. The van der Waals surface area contributed by atoms with Gasteiger partial charge in [-0.15, -0.1) is 0 Å². The van der Waals surface area contributed by atoms with Crippen LogP contribution in [0.25, 0.3) is 0 Å². The van der Waals surface area contributed by atoms with Crippen LogP contribution in [0.4, 0.5) is 0 Å². The predicted octanol–water partition coefficient (Wildman–Crippen LogP) is 2.84. The standard InChI is InChI=1S/C16H18BrN3O/c1-20(2)11-13-7-4-3-6-12(13)10-18-16(21)14-8-5-9-15(17)19-14/h3-9H,10-11H2,1-2H3,(H,18,21). The number of pyridine rings is 1. The van der Waals surface area contributed by atoms with E-state index in [1.807, 2.05) is 32.3 Å². The van der Waals surface area contributed by atoms with E-state index < -0.39 is 0 Å². The number of hydrogen-bond acceptors (Lipinski definition) is 3. The Labute approximate surface area is 133 Å². The molecule has 0 aliphatic carbocycles. The number of amides is 1. The molecule has 0 spiro atoms. The molecule has 0 radical (unpaired) electrons. The highest BCUT2D eigenvalue weighted by atomic mass is 79.9. The highest BCUT2D eigenvalue weighted by molar-refractivity contribution is 9.10. The molecule has 5 heteroatoms. The zero-order valence-corrected chi connectivity index (χ0v) is 13.7. The summed E-state index contributed by atoms with van der Waals surface area (Å²) >= 11 is 3.27. The quantitative estimate of drug-likeness (QED) is 0.846. The normalized spacial score (nSPS) is 10.7. The van der Waals surface area contributed by atoms with E-state index in [2.05, 4.69) is 37.2 Å². The van der Waals surface area contributed by atoms with Crippen LogP contribution in [0.1, 0.15) is 21.6 Å². The van der Waals surface area contributed by atoms with Gasteiger partial charge < -0.3 is 10.2 Å². The Bertz CT molecular complexity index is 628. The second-order valence-corrected chi connectivity index (χ2v) is 5.85. The second kappa shape index (κ2) is 7.33. The van der Waals surface area contributed by atoms with Gasteiger partial charge in [-0.25, -0.2) is 4.98 Å². The van der Waals surface area contributed by atoms with Crippen LogP contribution in [0, 0.1) is 0 Å². The van der Waals surface area contributed by atoms with Crippen LogP contribution in [-0.4, -0.2) is 29.9 Å². The molecule has 0 unspecified atom stereocenters. The first kappa shape index (κ1) is 15.7. The van der Waals surface area contributed by atoms with Crippen molar-refractivity contribution in [3.05, 3.63) is 63.9 Å². The molecule has 21 heavy (non-hydrogen) atoms. The van der Waals surface area contributed by atoms with Crippen molar-refractivity contribution in [1.82, 2.24) is 15.2 Å². The minimum Gasteiger partial charge on any atom is -0.347 e. The molecular weight excluding hydrogens is 330 g/mol. The van der Waals surface area contributed by atoms with Crippen LogP contribution in [0.2, 0.25) is 0 Å². The molecule has 2 rings (SSSR count). The predicted molar refractivity (Wildman–Crippen MR) is 86.9 cm³/mol.